The Hall–Kier alpha value is -0.350. The molecule has 0 radical (unpaired) electrons. The highest BCUT2D eigenvalue weighted by molar-refractivity contribution is 9.11. The van der Waals surface area contributed by atoms with Crippen molar-refractivity contribution < 1.29 is 4.79 Å². The van der Waals surface area contributed by atoms with Gasteiger partial charge in [0.25, 0.3) is 5.91 Å². The first-order valence-electron chi connectivity index (χ1n) is 6.06. The molecule has 1 saturated heterocycles. The average Bonchev–Trinajstić information content (AvgIpc) is 2.62. The maximum absolute atomic E-state index is 12.4. The SMILES string of the molecule is Cc1cc(C(=O)N2CC(C)CCC2C)sc1Br. The molecule has 0 N–H and O–H groups in total. The number of carbonyl (C=O) groups is 1. The van der Waals surface area contributed by atoms with Gasteiger partial charge in [0.2, 0.25) is 0 Å². The minimum atomic E-state index is 0.197. The fraction of sp³-hybridized carbons (Fsp3) is 0.615. The molecule has 0 spiro atoms. The Morgan fingerprint density at radius 1 is 1.47 bits per heavy atom. The van der Waals surface area contributed by atoms with Crippen molar-refractivity contribution in [3.63, 3.8) is 0 Å². The van der Waals surface area contributed by atoms with Gasteiger partial charge < -0.3 is 4.90 Å². The molecule has 4 heteroatoms. The predicted molar refractivity (Wildman–Crippen MR) is 75.7 cm³/mol. The Bertz CT molecular complexity index is 410. The Kier molecular flexibility index (Phi) is 3.93. The van der Waals surface area contributed by atoms with E-state index < -0.39 is 0 Å². The lowest BCUT2D eigenvalue weighted by atomic mass is 9.95. The summed E-state index contributed by atoms with van der Waals surface area (Å²) in [6.07, 6.45) is 2.36. The number of rotatable bonds is 1. The van der Waals surface area contributed by atoms with Crippen LogP contribution in [0, 0.1) is 12.8 Å². The first kappa shape index (κ1) is 13.1. The van der Waals surface area contributed by atoms with Crippen molar-refractivity contribution in [3.05, 3.63) is 20.3 Å². The van der Waals surface area contributed by atoms with Crippen molar-refractivity contribution in [2.24, 2.45) is 5.92 Å². The molecule has 1 aliphatic heterocycles. The standard InChI is InChI=1S/C13H18BrNOS/c1-8-4-5-10(3)15(7-8)13(16)11-6-9(2)12(14)17-11/h6,8,10H,4-5,7H2,1-3H3. The van der Waals surface area contributed by atoms with Crippen LogP contribution in [0.5, 0.6) is 0 Å². The number of halogens is 1. The van der Waals surface area contributed by atoms with Crippen LogP contribution < -0.4 is 0 Å². The predicted octanol–water partition coefficient (Wildman–Crippen LogP) is 4.08. The lowest BCUT2D eigenvalue weighted by Crippen LogP contribution is -2.44. The van der Waals surface area contributed by atoms with Crippen molar-refractivity contribution in [3.8, 4) is 0 Å². The number of likely N-dealkylation sites (tertiary alicyclic amines) is 1. The molecule has 2 rings (SSSR count). The summed E-state index contributed by atoms with van der Waals surface area (Å²) < 4.78 is 1.07. The summed E-state index contributed by atoms with van der Waals surface area (Å²) in [4.78, 5) is 15.3. The summed E-state index contributed by atoms with van der Waals surface area (Å²) in [7, 11) is 0. The molecule has 0 aliphatic carbocycles. The van der Waals surface area contributed by atoms with Gasteiger partial charge in [-0.2, -0.15) is 0 Å². The van der Waals surface area contributed by atoms with Crippen molar-refractivity contribution in [2.45, 2.75) is 39.7 Å². The van der Waals surface area contributed by atoms with Gasteiger partial charge in [-0.3, -0.25) is 4.79 Å². The van der Waals surface area contributed by atoms with Gasteiger partial charge in [0.1, 0.15) is 0 Å². The van der Waals surface area contributed by atoms with Crippen LogP contribution in [-0.2, 0) is 0 Å². The first-order chi connectivity index (χ1) is 7.99. The summed E-state index contributed by atoms with van der Waals surface area (Å²) in [5, 5.41) is 0. The van der Waals surface area contributed by atoms with Gasteiger partial charge in [-0.25, -0.2) is 0 Å². The van der Waals surface area contributed by atoms with E-state index in [1.807, 2.05) is 17.9 Å². The topological polar surface area (TPSA) is 20.3 Å². The Balaban J connectivity index is 2.18. The smallest absolute Gasteiger partial charge is 0.264 e. The molecular weight excluding hydrogens is 298 g/mol. The normalized spacial score (nSPS) is 25.1. The summed E-state index contributed by atoms with van der Waals surface area (Å²) >= 11 is 5.03. The number of amides is 1. The van der Waals surface area contributed by atoms with Gasteiger partial charge in [0.15, 0.2) is 0 Å². The number of nitrogens with zero attached hydrogens (tertiary/aromatic N) is 1. The molecule has 2 unspecified atom stereocenters. The van der Waals surface area contributed by atoms with Gasteiger partial charge in [0, 0.05) is 12.6 Å². The van der Waals surface area contributed by atoms with Crippen molar-refractivity contribution in [1.29, 1.82) is 0 Å². The largest absolute Gasteiger partial charge is 0.335 e. The molecule has 1 aliphatic rings. The van der Waals surface area contributed by atoms with E-state index in [2.05, 4.69) is 29.8 Å². The van der Waals surface area contributed by atoms with Gasteiger partial charge in [-0.1, -0.05) is 6.92 Å². The maximum Gasteiger partial charge on any atom is 0.264 e. The minimum Gasteiger partial charge on any atom is -0.335 e. The molecule has 1 aromatic heterocycles. The van der Waals surface area contributed by atoms with Crippen LogP contribution in [0.3, 0.4) is 0 Å². The molecule has 1 aromatic rings. The molecule has 2 atom stereocenters. The molecule has 0 bridgehead atoms. The zero-order chi connectivity index (χ0) is 12.6. The van der Waals surface area contributed by atoms with Crippen LogP contribution in [0.25, 0.3) is 0 Å². The minimum absolute atomic E-state index is 0.197. The molecule has 2 nitrogen and oxygen atoms in total. The highest BCUT2D eigenvalue weighted by Crippen LogP contribution is 2.30. The number of hydrogen-bond acceptors (Lipinski definition) is 2. The molecular formula is C13H18BrNOS. The Morgan fingerprint density at radius 3 is 2.76 bits per heavy atom. The van der Waals surface area contributed by atoms with Crippen LogP contribution in [0.2, 0.25) is 0 Å². The van der Waals surface area contributed by atoms with Crippen LogP contribution in [0.1, 0.15) is 41.9 Å². The van der Waals surface area contributed by atoms with Crippen LogP contribution in [-0.4, -0.2) is 23.4 Å². The third kappa shape index (κ3) is 2.74. The summed E-state index contributed by atoms with van der Waals surface area (Å²) in [6, 6.07) is 2.36. The Morgan fingerprint density at radius 2 is 2.18 bits per heavy atom. The fourth-order valence-electron chi connectivity index (χ4n) is 2.28. The van der Waals surface area contributed by atoms with Crippen molar-refractivity contribution in [1.82, 2.24) is 4.90 Å². The molecule has 2 heterocycles. The molecule has 1 fully saturated rings. The molecule has 0 saturated carbocycles. The number of aryl methyl sites for hydroxylation is 1. The first-order valence-corrected chi connectivity index (χ1v) is 7.67. The quantitative estimate of drug-likeness (QED) is 0.764. The zero-order valence-electron chi connectivity index (χ0n) is 10.5. The van der Waals surface area contributed by atoms with E-state index >= 15 is 0 Å². The summed E-state index contributed by atoms with van der Waals surface area (Å²) in [5.74, 6) is 0.822. The lowest BCUT2D eigenvalue weighted by Gasteiger charge is -2.36. The molecule has 17 heavy (non-hydrogen) atoms. The van der Waals surface area contributed by atoms with Crippen molar-refractivity contribution >= 4 is 33.2 Å². The van der Waals surface area contributed by atoms with Gasteiger partial charge in [-0.05, 0) is 60.2 Å². The van der Waals surface area contributed by atoms with Crippen LogP contribution >= 0.6 is 27.3 Å². The second-order valence-electron chi connectivity index (χ2n) is 5.06. The average molecular weight is 316 g/mol. The third-order valence-electron chi connectivity index (χ3n) is 3.45. The van der Waals surface area contributed by atoms with E-state index in [0.717, 1.165) is 27.2 Å². The van der Waals surface area contributed by atoms with E-state index in [1.54, 1.807) is 11.3 Å². The number of piperidine rings is 1. The van der Waals surface area contributed by atoms with Crippen LogP contribution in [0.4, 0.5) is 0 Å². The number of hydrogen-bond donors (Lipinski definition) is 0. The van der Waals surface area contributed by atoms with Crippen LogP contribution in [0.15, 0.2) is 9.85 Å². The van der Waals surface area contributed by atoms with E-state index in [9.17, 15) is 4.79 Å². The molecule has 0 aromatic carbocycles. The highest BCUT2D eigenvalue weighted by atomic mass is 79.9. The number of thiophene rings is 1. The monoisotopic (exact) mass is 315 g/mol. The number of carbonyl (C=O) groups excluding carboxylic acids is 1. The Labute approximate surface area is 115 Å². The summed E-state index contributed by atoms with van der Waals surface area (Å²) in [5.41, 5.74) is 1.15. The second-order valence-corrected chi connectivity index (χ2v) is 7.43. The van der Waals surface area contributed by atoms with Gasteiger partial charge in [0.05, 0.1) is 8.66 Å². The third-order valence-corrected chi connectivity index (χ3v) is 5.57. The van der Waals surface area contributed by atoms with Gasteiger partial charge in [-0.15, -0.1) is 11.3 Å². The zero-order valence-corrected chi connectivity index (χ0v) is 12.9. The van der Waals surface area contributed by atoms with E-state index in [0.29, 0.717) is 12.0 Å². The lowest BCUT2D eigenvalue weighted by molar-refractivity contribution is 0.0579. The maximum atomic E-state index is 12.4. The highest BCUT2D eigenvalue weighted by Gasteiger charge is 2.28. The molecule has 94 valence electrons. The fourth-order valence-corrected chi connectivity index (χ4v) is 3.77. The molecule has 1 amide bonds. The second kappa shape index (κ2) is 5.11. The van der Waals surface area contributed by atoms with Gasteiger partial charge >= 0.3 is 0 Å². The van der Waals surface area contributed by atoms with E-state index in [4.69, 9.17) is 0 Å². The van der Waals surface area contributed by atoms with E-state index in [1.165, 1.54) is 6.42 Å². The van der Waals surface area contributed by atoms with E-state index in [-0.39, 0.29) is 5.91 Å². The van der Waals surface area contributed by atoms with Crippen molar-refractivity contribution in [2.75, 3.05) is 6.54 Å². The summed E-state index contributed by atoms with van der Waals surface area (Å²) in [6.45, 7) is 7.30.